The fourth-order valence-electron chi connectivity index (χ4n) is 5.73. The van der Waals surface area contributed by atoms with Gasteiger partial charge >= 0.3 is 0 Å². The molecule has 0 radical (unpaired) electrons. The van der Waals surface area contributed by atoms with Crippen molar-refractivity contribution in [1.82, 2.24) is 0 Å². The highest BCUT2D eigenvalue weighted by Crippen LogP contribution is 2.73. The Morgan fingerprint density at radius 3 is 2.18 bits per heavy atom. The van der Waals surface area contributed by atoms with Gasteiger partial charge < -0.3 is 10.2 Å². The molecular formula is C15H26O2. The zero-order valence-electron chi connectivity index (χ0n) is 11.5. The van der Waals surface area contributed by atoms with Gasteiger partial charge in [-0.1, -0.05) is 34.1 Å². The molecule has 0 amide bonds. The van der Waals surface area contributed by atoms with Crippen molar-refractivity contribution in [3.8, 4) is 0 Å². The van der Waals surface area contributed by atoms with Gasteiger partial charge in [-0.25, -0.2) is 0 Å². The van der Waals surface area contributed by atoms with Crippen molar-refractivity contribution in [2.24, 2.45) is 28.1 Å². The molecule has 2 N–H and O–H groups in total. The first-order chi connectivity index (χ1) is 7.74. The molecule has 98 valence electrons. The lowest BCUT2D eigenvalue weighted by molar-refractivity contribution is -0.0850. The molecule has 0 aromatic heterocycles. The monoisotopic (exact) mass is 238 g/mol. The normalized spacial score (nSPS) is 60.4. The van der Waals surface area contributed by atoms with Gasteiger partial charge in [-0.3, -0.25) is 0 Å². The Hall–Kier alpha value is -0.0800. The molecule has 2 heteroatoms. The van der Waals surface area contributed by atoms with Gasteiger partial charge in [0.15, 0.2) is 0 Å². The number of aliphatic hydroxyl groups is 2. The maximum atomic E-state index is 10.8. The zero-order chi connectivity index (χ0) is 12.6. The number of hydrogen-bond donors (Lipinski definition) is 2. The van der Waals surface area contributed by atoms with E-state index in [1.54, 1.807) is 0 Å². The van der Waals surface area contributed by atoms with Gasteiger partial charge in [-0.15, -0.1) is 0 Å². The predicted molar refractivity (Wildman–Crippen MR) is 67.5 cm³/mol. The highest BCUT2D eigenvalue weighted by molar-refractivity contribution is 5.22. The molecule has 17 heavy (non-hydrogen) atoms. The standard InChI is InChI=1S/C15H26O2/c1-13(2)6-5-7-14(3)10-9(16)8-15(14,4)12(17)11(10)13/h9-12,16-17H,5-8H2,1-4H3/t9-,10?,11+,12?,14-,15-/m1/s1. The topological polar surface area (TPSA) is 40.5 Å². The fraction of sp³-hybridized carbons (Fsp3) is 1.00. The first-order valence-electron chi connectivity index (χ1n) is 7.10. The molecule has 2 unspecified atom stereocenters. The molecule has 6 atom stereocenters. The smallest absolute Gasteiger partial charge is 0.0637 e. The molecule has 3 saturated carbocycles. The van der Waals surface area contributed by atoms with Crippen LogP contribution in [0.25, 0.3) is 0 Å². The summed E-state index contributed by atoms with van der Waals surface area (Å²) in [4.78, 5) is 0. The van der Waals surface area contributed by atoms with E-state index in [1.165, 1.54) is 19.3 Å². The summed E-state index contributed by atoms with van der Waals surface area (Å²) in [6, 6.07) is 0. The molecule has 3 rings (SSSR count). The lowest BCUT2D eigenvalue weighted by Gasteiger charge is -2.45. The molecule has 0 aromatic rings. The molecular weight excluding hydrogens is 212 g/mol. The zero-order valence-corrected chi connectivity index (χ0v) is 11.5. The van der Waals surface area contributed by atoms with Crippen LogP contribution in [0, 0.1) is 28.1 Å². The number of hydrogen-bond acceptors (Lipinski definition) is 2. The number of aliphatic hydroxyl groups excluding tert-OH is 2. The van der Waals surface area contributed by atoms with E-state index in [9.17, 15) is 10.2 Å². The minimum absolute atomic E-state index is 0.0700. The minimum atomic E-state index is -0.226. The van der Waals surface area contributed by atoms with Gasteiger partial charge in [-0.05, 0) is 41.9 Å². The Labute approximate surface area is 104 Å². The van der Waals surface area contributed by atoms with Crippen LogP contribution >= 0.6 is 0 Å². The SMILES string of the molecule is CC1(C)CCC[C@]2(C)C3[C@H]1C(O)[C@@]2(C)C[C@H]3O. The highest BCUT2D eigenvalue weighted by atomic mass is 16.3. The van der Waals surface area contributed by atoms with Crippen LogP contribution < -0.4 is 0 Å². The average molecular weight is 238 g/mol. The van der Waals surface area contributed by atoms with E-state index in [-0.39, 0.29) is 34.4 Å². The third-order valence-corrected chi connectivity index (χ3v) is 6.89. The summed E-state index contributed by atoms with van der Waals surface area (Å²) in [5, 5.41) is 21.2. The van der Waals surface area contributed by atoms with Crippen LogP contribution in [0.4, 0.5) is 0 Å². The van der Waals surface area contributed by atoms with Crippen LogP contribution in [0.3, 0.4) is 0 Å². The molecule has 3 fully saturated rings. The van der Waals surface area contributed by atoms with Crippen LogP contribution in [-0.2, 0) is 0 Å². The molecule has 4 bridgehead atoms. The summed E-state index contributed by atoms with van der Waals surface area (Å²) in [7, 11) is 0. The fourth-order valence-corrected chi connectivity index (χ4v) is 5.73. The van der Waals surface area contributed by atoms with E-state index < -0.39 is 0 Å². The van der Waals surface area contributed by atoms with Gasteiger partial charge in [-0.2, -0.15) is 0 Å². The second kappa shape index (κ2) is 3.08. The second-order valence-electron chi connectivity index (χ2n) is 7.94. The molecule has 0 aromatic carbocycles. The lowest BCUT2D eigenvalue weighted by Crippen LogP contribution is -2.46. The summed E-state index contributed by atoms with van der Waals surface area (Å²) in [6.07, 6.45) is 3.96. The second-order valence-corrected chi connectivity index (χ2v) is 7.94. The van der Waals surface area contributed by atoms with Crippen molar-refractivity contribution < 1.29 is 10.2 Å². The summed E-state index contributed by atoms with van der Waals surface area (Å²) >= 11 is 0. The van der Waals surface area contributed by atoms with Gasteiger partial charge in [0.25, 0.3) is 0 Å². The average Bonchev–Trinajstić information content (AvgIpc) is 2.44. The van der Waals surface area contributed by atoms with E-state index >= 15 is 0 Å². The summed E-state index contributed by atoms with van der Waals surface area (Å²) < 4.78 is 0. The van der Waals surface area contributed by atoms with Gasteiger partial charge in [0.1, 0.15) is 0 Å². The lowest BCUT2D eigenvalue weighted by atomic mass is 9.63. The van der Waals surface area contributed by atoms with Gasteiger partial charge in [0.2, 0.25) is 0 Å². The first kappa shape index (κ1) is 12.0. The van der Waals surface area contributed by atoms with E-state index in [4.69, 9.17) is 0 Å². The minimum Gasteiger partial charge on any atom is -0.393 e. The van der Waals surface area contributed by atoms with E-state index in [0.717, 1.165) is 6.42 Å². The summed E-state index contributed by atoms with van der Waals surface area (Å²) in [5.74, 6) is 0.587. The Balaban J connectivity index is 2.15. The van der Waals surface area contributed by atoms with E-state index in [1.807, 2.05) is 0 Å². The predicted octanol–water partition coefficient (Wildman–Crippen LogP) is 2.58. The molecule has 0 heterocycles. The van der Waals surface area contributed by atoms with Crippen molar-refractivity contribution in [1.29, 1.82) is 0 Å². The molecule has 0 saturated heterocycles. The maximum Gasteiger partial charge on any atom is 0.0637 e. The van der Waals surface area contributed by atoms with Crippen LogP contribution in [0.1, 0.15) is 53.4 Å². The van der Waals surface area contributed by atoms with Gasteiger partial charge in [0.05, 0.1) is 12.2 Å². The van der Waals surface area contributed by atoms with Crippen LogP contribution in [0.5, 0.6) is 0 Å². The van der Waals surface area contributed by atoms with Crippen LogP contribution in [0.15, 0.2) is 0 Å². The molecule has 3 aliphatic rings. The van der Waals surface area contributed by atoms with Crippen LogP contribution in [-0.4, -0.2) is 22.4 Å². The largest absolute Gasteiger partial charge is 0.393 e. The third-order valence-electron chi connectivity index (χ3n) is 6.89. The molecule has 0 spiro atoms. The van der Waals surface area contributed by atoms with Crippen molar-refractivity contribution in [3.63, 3.8) is 0 Å². The van der Waals surface area contributed by atoms with Crippen molar-refractivity contribution in [3.05, 3.63) is 0 Å². The van der Waals surface area contributed by atoms with Crippen molar-refractivity contribution in [2.45, 2.75) is 65.6 Å². The summed E-state index contributed by atoms with van der Waals surface area (Å²) in [5.41, 5.74) is 0.241. The maximum absolute atomic E-state index is 10.8. The highest BCUT2D eigenvalue weighted by Gasteiger charge is 2.73. The quantitative estimate of drug-likeness (QED) is 0.681. The Kier molecular flexibility index (Phi) is 2.17. The van der Waals surface area contributed by atoms with Crippen molar-refractivity contribution in [2.75, 3.05) is 0 Å². The van der Waals surface area contributed by atoms with E-state index in [0.29, 0.717) is 5.92 Å². The van der Waals surface area contributed by atoms with Gasteiger partial charge in [0, 0.05) is 5.41 Å². The van der Waals surface area contributed by atoms with Crippen LogP contribution in [0.2, 0.25) is 0 Å². The Morgan fingerprint density at radius 1 is 0.882 bits per heavy atom. The number of rotatable bonds is 0. The molecule has 2 nitrogen and oxygen atoms in total. The Morgan fingerprint density at radius 2 is 1.53 bits per heavy atom. The third kappa shape index (κ3) is 1.14. The molecule has 3 aliphatic carbocycles. The molecule has 0 aliphatic heterocycles. The first-order valence-corrected chi connectivity index (χ1v) is 7.10. The summed E-state index contributed by atoms with van der Waals surface area (Å²) in [6.45, 7) is 9.09. The van der Waals surface area contributed by atoms with E-state index in [2.05, 4.69) is 27.7 Å². The Bertz CT molecular complexity index is 351. The van der Waals surface area contributed by atoms with Crippen molar-refractivity contribution >= 4 is 0 Å².